The van der Waals surface area contributed by atoms with Crippen LogP contribution >= 0.6 is 0 Å². The van der Waals surface area contributed by atoms with E-state index in [0.29, 0.717) is 10.8 Å². The van der Waals surface area contributed by atoms with Gasteiger partial charge in [0.25, 0.3) is 0 Å². The monoisotopic (exact) mass is 347 g/mol. The average molecular weight is 347 g/mol. The van der Waals surface area contributed by atoms with Gasteiger partial charge in [-0.2, -0.15) is 0 Å². The summed E-state index contributed by atoms with van der Waals surface area (Å²) in [5, 5.41) is 4.19. The lowest BCUT2D eigenvalue weighted by Gasteiger charge is -2.28. The van der Waals surface area contributed by atoms with Crippen LogP contribution < -0.4 is 5.32 Å². The first kappa shape index (κ1) is 17.1. The second kappa shape index (κ2) is 7.05. The summed E-state index contributed by atoms with van der Waals surface area (Å²) >= 11 is 0. The molecule has 1 aliphatic rings. The van der Waals surface area contributed by atoms with Crippen LogP contribution in [0.2, 0.25) is 0 Å². The van der Waals surface area contributed by atoms with E-state index in [0.717, 1.165) is 29.2 Å². The van der Waals surface area contributed by atoms with E-state index < -0.39 is 9.84 Å². The van der Waals surface area contributed by atoms with E-state index in [1.165, 1.54) is 44.7 Å². The van der Waals surface area contributed by atoms with Crippen molar-refractivity contribution in [3.63, 3.8) is 0 Å². The highest BCUT2D eigenvalue weighted by molar-refractivity contribution is 7.90. The standard InChI is InChI=1S/C18H25N3O2S/c1-3-13-4-6-14(7-5-13)11-19-18-16-10-15(24(2,22)23)8-9-17(16)20-12-21-18/h8-10,12-14H,3-7,11H2,1-2H3,(H,19,20,21). The molecule has 1 heterocycles. The number of fused-ring (bicyclic) bond motifs is 1. The van der Waals surface area contributed by atoms with E-state index in [4.69, 9.17) is 0 Å². The molecule has 0 spiro atoms. The molecule has 2 aromatic rings. The van der Waals surface area contributed by atoms with Gasteiger partial charge in [-0.1, -0.05) is 26.2 Å². The third-order valence-corrected chi connectivity index (χ3v) is 6.25. The van der Waals surface area contributed by atoms with E-state index in [9.17, 15) is 8.42 Å². The van der Waals surface area contributed by atoms with E-state index in [1.807, 2.05) is 0 Å². The predicted molar refractivity (Wildman–Crippen MR) is 96.9 cm³/mol. The van der Waals surface area contributed by atoms with E-state index in [2.05, 4.69) is 22.2 Å². The minimum absolute atomic E-state index is 0.302. The van der Waals surface area contributed by atoms with Crippen LogP contribution in [-0.4, -0.2) is 31.2 Å². The van der Waals surface area contributed by atoms with Crippen molar-refractivity contribution >= 4 is 26.6 Å². The molecule has 3 rings (SSSR count). The summed E-state index contributed by atoms with van der Waals surface area (Å²) in [6.07, 6.45) is 9.16. The second-order valence-corrected chi connectivity index (χ2v) is 8.87. The molecule has 1 fully saturated rings. The highest BCUT2D eigenvalue weighted by atomic mass is 32.2. The molecule has 0 bridgehead atoms. The van der Waals surface area contributed by atoms with Crippen LogP contribution in [0.5, 0.6) is 0 Å². The molecule has 0 atom stereocenters. The Morgan fingerprint density at radius 1 is 1.12 bits per heavy atom. The molecule has 0 saturated heterocycles. The Bertz CT molecular complexity index is 812. The summed E-state index contributed by atoms with van der Waals surface area (Å²) in [5.74, 6) is 2.28. The molecule has 0 aliphatic heterocycles. The summed E-state index contributed by atoms with van der Waals surface area (Å²) in [6.45, 7) is 3.15. The fourth-order valence-electron chi connectivity index (χ4n) is 3.49. The Kier molecular flexibility index (Phi) is 5.04. The van der Waals surface area contributed by atoms with Crippen molar-refractivity contribution in [2.24, 2.45) is 11.8 Å². The van der Waals surface area contributed by atoms with Crippen molar-refractivity contribution < 1.29 is 8.42 Å². The number of nitrogens with zero attached hydrogens (tertiary/aromatic N) is 2. The van der Waals surface area contributed by atoms with Gasteiger partial charge in [0.15, 0.2) is 9.84 Å². The second-order valence-electron chi connectivity index (χ2n) is 6.85. The molecule has 24 heavy (non-hydrogen) atoms. The zero-order valence-electron chi connectivity index (χ0n) is 14.3. The molecule has 1 N–H and O–H groups in total. The van der Waals surface area contributed by atoms with Crippen LogP contribution in [-0.2, 0) is 9.84 Å². The molecule has 1 saturated carbocycles. The maximum atomic E-state index is 11.8. The van der Waals surface area contributed by atoms with Gasteiger partial charge in [0.05, 0.1) is 10.4 Å². The first-order valence-corrected chi connectivity index (χ1v) is 10.5. The van der Waals surface area contributed by atoms with Crippen LogP contribution in [0.4, 0.5) is 5.82 Å². The minimum Gasteiger partial charge on any atom is -0.369 e. The average Bonchev–Trinajstić information content (AvgIpc) is 2.59. The predicted octanol–water partition coefficient (Wildman–Crippen LogP) is 3.66. The number of benzene rings is 1. The first-order chi connectivity index (χ1) is 11.5. The van der Waals surface area contributed by atoms with Gasteiger partial charge in [-0.25, -0.2) is 18.4 Å². The highest BCUT2D eigenvalue weighted by Gasteiger charge is 2.20. The highest BCUT2D eigenvalue weighted by Crippen LogP contribution is 2.31. The van der Waals surface area contributed by atoms with Crippen LogP contribution in [0.25, 0.3) is 10.9 Å². The Morgan fingerprint density at radius 3 is 2.50 bits per heavy atom. The fourth-order valence-corrected chi connectivity index (χ4v) is 4.14. The van der Waals surface area contributed by atoms with Gasteiger partial charge in [-0.05, 0) is 42.9 Å². The quantitative estimate of drug-likeness (QED) is 0.893. The van der Waals surface area contributed by atoms with Gasteiger partial charge < -0.3 is 5.32 Å². The van der Waals surface area contributed by atoms with E-state index in [-0.39, 0.29) is 0 Å². The minimum atomic E-state index is -3.24. The Balaban J connectivity index is 1.77. The third kappa shape index (κ3) is 3.86. The Morgan fingerprint density at radius 2 is 1.83 bits per heavy atom. The van der Waals surface area contributed by atoms with Gasteiger partial charge in [0, 0.05) is 18.2 Å². The number of aromatic nitrogens is 2. The number of hydrogen-bond acceptors (Lipinski definition) is 5. The van der Waals surface area contributed by atoms with Gasteiger partial charge in [0.1, 0.15) is 12.1 Å². The number of sulfone groups is 1. The topological polar surface area (TPSA) is 72.0 Å². The van der Waals surface area contributed by atoms with Crippen molar-refractivity contribution in [1.82, 2.24) is 9.97 Å². The maximum Gasteiger partial charge on any atom is 0.175 e. The first-order valence-electron chi connectivity index (χ1n) is 8.66. The SMILES string of the molecule is CCC1CCC(CNc2ncnc3ccc(S(C)(=O)=O)cc23)CC1. The molecule has 0 unspecified atom stereocenters. The molecule has 1 aliphatic carbocycles. The zero-order valence-corrected chi connectivity index (χ0v) is 15.1. The molecular weight excluding hydrogens is 322 g/mol. The largest absolute Gasteiger partial charge is 0.369 e. The molecule has 0 radical (unpaired) electrons. The lowest BCUT2D eigenvalue weighted by molar-refractivity contribution is 0.278. The van der Waals surface area contributed by atoms with Crippen LogP contribution in [0.3, 0.4) is 0 Å². The van der Waals surface area contributed by atoms with Crippen molar-refractivity contribution in [3.05, 3.63) is 24.5 Å². The molecule has 1 aromatic carbocycles. The third-order valence-electron chi connectivity index (χ3n) is 5.14. The number of rotatable bonds is 5. The lowest BCUT2D eigenvalue weighted by atomic mass is 9.81. The Labute approximate surface area is 143 Å². The summed E-state index contributed by atoms with van der Waals surface area (Å²) in [6, 6.07) is 5.01. The van der Waals surface area contributed by atoms with Gasteiger partial charge in [0.2, 0.25) is 0 Å². The number of anilines is 1. The molecule has 130 valence electrons. The molecular formula is C18H25N3O2S. The van der Waals surface area contributed by atoms with Crippen molar-refractivity contribution in [2.45, 2.75) is 43.9 Å². The van der Waals surface area contributed by atoms with Crippen LogP contribution in [0.15, 0.2) is 29.4 Å². The number of nitrogens with one attached hydrogen (secondary N) is 1. The van der Waals surface area contributed by atoms with Gasteiger partial charge in [-0.15, -0.1) is 0 Å². The summed E-state index contributed by atoms with van der Waals surface area (Å²) in [7, 11) is -3.24. The van der Waals surface area contributed by atoms with Crippen LogP contribution in [0, 0.1) is 11.8 Å². The number of hydrogen-bond donors (Lipinski definition) is 1. The molecule has 6 heteroatoms. The lowest BCUT2D eigenvalue weighted by Crippen LogP contribution is -2.21. The van der Waals surface area contributed by atoms with Crippen molar-refractivity contribution in [2.75, 3.05) is 18.1 Å². The summed E-state index contributed by atoms with van der Waals surface area (Å²) < 4.78 is 23.6. The summed E-state index contributed by atoms with van der Waals surface area (Å²) in [5.41, 5.74) is 0.759. The molecule has 1 aromatic heterocycles. The normalized spacial score (nSPS) is 21.8. The molecule has 5 nitrogen and oxygen atoms in total. The van der Waals surface area contributed by atoms with Crippen molar-refractivity contribution in [3.8, 4) is 0 Å². The fraction of sp³-hybridized carbons (Fsp3) is 0.556. The van der Waals surface area contributed by atoms with Crippen molar-refractivity contribution in [1.29, 1.82) is 0 Å². The maximum absolute atomic E-state index is 11.8. The molecule has 0 amide bonds. The Hall–Kier alpha value is -1.69. The van der Waals surface area contributed by atoms with Gasteiger partial charge >= 0.3 is 0 Å². The summed E-state index contributed by atoms with van der Waals surface area (Å²) in [4.78, 5) is 8.87. The van der Waals surface area contributed by atoms with Gasteiger partial charge in [-0.3, -0.25) is 0 Å². The van der Waals surface area contributed by atoms with E-state index >= 15 is 0 Å². The zero-order chi connectivity index (χ0) is 17.2. The van der Waals surface area contributed by atoms with E-state index in [1.54, 1.807) is 18.2 Å². The smallest absolute Gasteiger partial charge is 0.175 e. The van der Waals surface area contributed by atoms with Crippen LogP contribution in [0.1, 0.15) is 39.0 Å².